The normalized spacial score (nSPS) is 15.5. The molecule has 1 aliphatic rings. The average Bonchev–Trinajstić information content (AvgIpc) is 3.33. The molecule has 28 heavy (non-hydrogen) atoms. The van der Waals surface area contributed by atoms with E-state index in [0.717, 1.165) is 21.3 Å². The van der Waals surface area contributed by atoms with Crippen molar-refractivity contribution in [3.8, 4) is 11.4 Å². The van der Waals surface area contributed by atoms with E-state index in [2.05, 4.69) is 26.0 Å². The molecule has 8 heteroatoms. The topological polar surface area (TPSA) is 67.6 Å². The van der Waals surface area contributed by atoms with E-state index in [9.17, 15) is 9.59 Å². The number of amides is 1. The van der Waals surface area contributed by atoms with Crippen LogP contribution >= 0.6 is 27.3 Å². The van der Waals surface area contributed by atoms with Gasteiger partial charge in [-0.3, -0.25) is 9.59 Å². The van der Waals surface area contributed by atoms with Gasteiger partial charge in [0.25, 0.3) is 11.5 Å². The van der Waals surface area contributed by atoms with E-state index >= 15 is 0 Å². The number of likely N-dealkylation sites (N-methyl/N-ethyl adjacent to an activating group) is 1. The molecule has 2 aromatic heterocycles. The lowest BCUT2D eigenvalue weighted by Gasteiger charge is -2.13. The second kappa shape index (κ2) is 6.35. The fraction of sp³-hybridized carbons (Fsp3) is 0.100. The van der Waals surface area contributed by atoms with Gasteiger partial charge in [-0.25, -0.2) is 0 Å². The Hall–Kier alpha value is -2.84. The highest BCUT2D eigenvalue weighted by molar-refractivity contribution is 9.10. The SMILES string of the molecule is CCN1C(=O)/C(=c2\sc3nc(-c4ccccc4)nn3c2=O)c2cc(Br)ccc21. The monoisotopic (exact) mass is 452 g/mol. The summed E-state index contributed by atoms with van der Waals surface area (Å²) in [5.74, 6) is 0.331. The molecule has 0 saturated carbocycles. The molecular weight excluding hydrogens is 440 g/mol. The molecule has 5 rings (SSSR count). The third-order valence-corrected chi connectivity index (χ3v) is 6.23. The number of carbonyl (C=O) groups excluding carboxylic acids is 1. The van der Waals surface area contributed by atoms with Crippen LogP contribution in [0.15, 0.2) is 57.8 Å². The van der Waals surface area contributed by atoms with Crippen LogP contribution in [-0.4, -0.2) is 27.0 Å². The predicted molar refractivity (Wildman–Crippen MR) is 112 cm³/mol. The number of aromatic nitrogens is 3. The lowest BCUT2D eigenvalue weighted by atomic mass is 10.1. The van der Waals surface area contributed by atoms with E-state index in [1.807, 2.05) is 55.5 Å². The molecule has 0 atom stereocenters. The fourth-order valence-electron chi connectivity index (χ4n) is 3.43. The summed E-state index contributed by atoms with van der Waals surface area (Å²) in [6.45, 7) is 2.45. The quantitative estimate of drug-likeness (QED) is 0.468. The van der Waals surface area contributed by atoms with Gasteiger partial charge in [-0.05, 0) is 25.1 Å². The Labute approximate surface area is 171 Å². The van der Waals surface area contributed by atoms with E-state index < -0.39 is 0 Å². The van der Waals surface area contributed by atoms with Gasteiger partial charge in [-0.2, -0.15) is 9.50 Å². The number of benzene rings is 2. The molecule has 0 bridgehead atoms. The number of fused-ring (bicyclic) bond motifs is 2. The number of thiazole rings is 1. The molecule has 2 aromatic carbocycles. The first-order valence-corrected chi connectivity index (χ1v) is 10.3. The minimum absolute atomic E-state index is 0.166. The molecule has 1 aliphatic heterocycles. The summed E-state index contributed by atoms with van der Waals surface area (Å²) in [6, 6.07) is 15.2. The van der Waals surface area contributed by atoms with Crippen molar-refractivity contribution in [2.24, 2.45) is 0 Å². The van der Waals surface area contributed by atoms with Gasteiger partial charge in [0.2, 0.25) is 4.96 Å². The zero-order chi connectivity index (χ0) is 19.4. The smallest absolute Gasteiger partial charge is 0.291 e. The number of rotatable bonds is 2. The molecule has 0 radical (unpaired) electrons. The van der Waals surface area contributed by atoms with Crippen molar-refractivity contribution in [3.63, 3.8) is 0 Å². The fourth-order valence-corrected chi connectivity index (χ4v) is 4.79. The maximum Gasteiger partial charge on any atom is 0.291 e. The van der Waals surface area contributed by atoms with Crippen molar-refractivity contribution in [3.05, 3.63) is 73.5 Å². The highest BCUT2D eigenvalue weighted by Gasteiger charge is 2.33. The first kappa shape index (κ1) is 17.3. The largest absolute Gasteiger partial charge is 0.308 e. The van der Waals surface area contributed by atoms with Gasteiger partial charge in [0.05, 0.1) is 11.3 Å². The van der Waals surface area contributed by atoms with Gasteiger partial charge in [-0.1, -0.05) is 57.6 Å². The first-order valence-electron chi connectivity index (χ1n) is 8.69. The highest BCUT2D eigenvalue weighted by atomic mass is 79.9. The molecule has 6 nitrogen and oxygen atoms in total. The molecule has 0 fully saturated rings. The van der Waals surface area contributed by atoms with Crippen LogP contribution in [0.3, 0.4) is 0 Å². The van der Waals surface area contributed by atoms with E-state index in [1.165, 1.54) is 15.9 Å². The lowest BCUT2D eigenvalue weighted by Crippen LogP contribution is -2.32. The number of halogens is 1. The van der Waals surface area contributed by atoms with Gasteiger partial charge in [0, 0.05) is 22.1 Å². The Morgan fingerprint density at radius 2 is 1.89 bits per heavy atom. The third kappa shape index (κ3) is 2.45. The molecule has 0 unspecified atom stereocenters. The predicted octanol–water partition coefficient (Wildman–Crippen LogP) is 2.86. The van der Waals surface area contributed by atoms with Crippen LogP contribution in [0.25, 0.3) is 21.9 Å². The summed E-state index contributed by atoms with van der Waals surface area (Å²) >= 11 is 4.66. The Morgan fingerprint density at radius 1 is 1.11 bits per heavy atom. The molecule has 0 saturated heterocycles. The molecule has 1 amide bonds. The second-order valence-corrected chi connectivity index (χ2v) is 8.21. The Balaban J connectivity index is 1.78. The van der Waals surface area contributed by atoms with Crippen molar-refractivity contribution >= 4 is 49.4 Å². The molecule has 0 N–H and O–H groups in total. The van der Waals surface area contributed by atoms with E-state index in [-0.39, 0.29) is 11.5 Å². The average molecular weight is 453 g/mol. The minimum atomic E-state index is -0.318. The summed E-state index contributed by atoms with van der Waals surface area (Å²) in [7, 11) is 0. The van der Waals surface area contributed by atoms with Gasteiger partial charge in [-0.15, -0.1) is 5.10 Å². The van der Waals surface area contributed by atoms with Crippen LogP contribution in [0.4, 0.5) is 5.69 Å². The number of nitrogens with zero attached hydrogens (tertiary/aromatic N) is 4. The maximum absolute atomic E-state index is 13.1. The number of anilines is 1. The molecule has 4 aromatic rings. The van der Waals surface area contributed by atoms with Crippen LogP contribution < -0.4 is 15.0 Å². The molecule has 138 valence electrons. The lowest BCUT2D eigenvalue weighted by molar-refractivity contribution is -0.113. The number of hydrogen-bond acceptors (Lipinski definition) is 5. The van der Waals surface area contributed by atoms with Crippen molar-refractivity contribution in [1.82, 2.24) is 14.6 Å². The van der Waals surface area contributed by atoms with Gasteiger partial charge in [0.15, 0.2) is 5.82 Å². The summed E-state index contributed by atoms with van der Waals surface area (Å²) < 4.78 is 2.51. The Morgan fingerprint density at radius 3 is 2.61 bits per heavy atom. The van der Waals surface area contributed by atoms with Crippen LogP contribution in [0.5, 0.6) is 0 Å². The molecular formula is C20H13BrN4O2S. The van der Waals surface area contributed by atoms with Gasteiger partial charge in [0.1, 0.15) is 4.53 Å². The van der Waals surface area contributed by atoms with Crippen molar-refractivity contribution < 1.29 is 4.79 Å². The van der Waals surface area contributed by atoms with E-state index in [1.54, 1.807) is 4.90 Å². The standard InChI is InChI=1S/C20H13BrN4O2S/c1-2-24-14-9-8-12(21)10-13(14)15(18(24)26)16-19(27)25-20(28-16)22-17(23-25)11-6-4-3-5-7-11/h3-10H,2H2,1H3/b16-15-. The van der Waals surface area contributed by atoms with Crippen LogP contribution in [0.1, 0.15) is 12.5 Å². The van der Waals surface area contributed by atoms with Gasteiger partial charge < -0.3 is 4.90 Å². The Bertz CT molecular complexity index is 1360. The summed E-state index contributed by atoms with van der Waals surface area (Å²) in [5, 5.41) is 4.37. The summed E-state index contributed by atoms with van der Waals surface area (Å²) in [6.07, 6.45) is 0. The second-order valence-electron chi connectivity index (χ2n) is 6.32. The van der Waals surface area contributed by atoms with E-state index in [0.29, 0.717) is 27.4 Å². The van der Waals surface area contributed by atoms with Crippen molar-refractivity contribution in [2.45, 2.75) is 6.92 Å². The minimum Gasteiger partial charge on any atom is -0.308 e. The van der Waals surface area contributed by atoms with Crippen molar-refractivity contribution in [1.29, 1.82) is 0 Å². The van der Waals surface area contributed by atoms with Crippen molar-refractivity contribution in [2.75, 3.05) is 11.4 Å². The number of hydrogen-bond donors (Lipinski definition) is 0. The Kier molecular flexibility index (Phi) is 3.92. The van der Waals surface area contributed by atoms with E-state index in [4.69, 9.17) is 0 Å². The number of carbonyl (C=O) groups is 1. The van der Waals surface area contributed by atoms with Gasteiger partial charge >= 0.3 is 0 Å². The third-order valence-electron chi connectivity index (χ3n) is 4.71. The maximum atomic E-state index is 13.1. The molecule has 0 aliphatic carbocycles. The first-order chi connectivity index (χ1) is 13.6. The van der Waals surface area contributed by atoms with Crippen LogP contribution in [-0.2, 0) is 4.79 Å². The van der Waals surface area contributed by atoms with Crippen LogP contribution in [0.2, 0.25) is 0 Å². The summed E-state index contributed by atoms with van der Waals surface area (Å²) in [5.41, 5.74) is 2.51. The van der Waals surface area contributed by atoms with Crippen LogP contribution in [0, 0.1) is 0 Å². The summed E-state index contributed by atoms with van der Waals surface area (Å²) in [4.78, 5) is 32.8. The zero-order valence-electron chi connectivity index (χ0n) is 14.7. The highest BCUT2D eigenvalue weighted by Crippen LogP contribution is 2.37. The molecule has 0 spiro atoms. The zero-order valence-corrected chi connectivity index (χ0v) is 17.1. The molecule has 3 heterocycles.